The summed E-state index contributed by atoms with van der Waals surface area (Å²) in [4.78, 5) is 0.0892. The zero-order chi connectivity index (χ0) is 22.6. The van der Waals surface area contributed by atoms with Gasteiger partial charge in [-0.2, -0.15) is 21.6 Å². The van der Waals surface area contributed by atoms with Gasteiger partial charge < -0.3 is 9.50 Å². The summed E-state index contributed by atoms with van der Waals surface area (Å²) in [6.45, 7) is 2.24. The molecule has 0 spiro atoms. The van der Waals surface area contributed by atoms with Gasteiger partial charge in [-0.05, 0) is 49.7 Å². The summed E-state index contributed by atoms with van der Waals surface area (Å²) in [5, 5.41) is 3.12. The van der Waals surface area contributed by atoms with E-state index in [4.69, 9.17) is 0 Å². The maximum atomic E-state index is 13.2. The minimum atomic E-state index is -5.87. The van der Waals surface area contributed by atoms with Gasteiger partial charge in [0.2, 0.25) is 0 Å². The van der Waals surface area contributed by atoms with Crippen LogP contribution in [0, 0.1) is 0 Å². The van der Waals surface area contributed by atoms with Gasteiger partial charge in [-0.25, -0.2) is 8.42 Å². The molecule has 2 atom stereocenters. The van der Waals surface area contributed by atoms with E-state index in [1.807, 2.05) is 0 Å². The molecule has 2 unspecified atom stereocenters. The lowest BCUT2D eigenvalue weighted by atomic mass is 9.91. The van der Waals surface area contributed by atoms with E-state index in [1.54, 1.807) is 25.1 Å². The van der Waals surface area contributed by atoms with E-state index in [0.717, 1.165) is 6.07 Å². The zero-order valence-electron chi connectivity index (χ0n) is 16.3. The number of benzene rings is 2. The van der Waals surface area contributed by atoms with E-state index in [1.165, 1.54) is 22.5 Å². The average molecular weight is 476 g/mol. The molecule has 2 aromatic carbocycles. The second kappa shape index (κ2) is 7.38. The molecule has 1 N–H and O–H groups in total. The number of rotatable bonds is 4. The fourth-order valence-electron chi connectivity index (χ4n) is 4.09. The molecule has 0 aromatic heterocycles. The van der Waals surface area contributed by atoms with Crippen molar-refractivity contribution in [1.29, 1.82) is 0 Å². The summed E-state index contributed by atoms with van der Waals surface area (Å²) in [6, 6.07) is 9.66. The molecule has 168 valence electrons. The van der Waals surface area contributed by atoms with E-state index in [0.29, 0.717) is 24.2 Å². The number of alkyl halides is 3. The van der Waals surface area contributed by atoms with Crippen molar-refractivity contribution in [3.05, 3.63) is 53.6 Å². The number of nitrogens with zero attached hydrogens (tertiary/aromatic N) is 1. The first kappa shape index (κ1) is 21.9. The van der Waals surface area contributed by atoms with Crippen LogP contribution in [-0.4, -0.2) is 35.4 Å². The highest BCUT2D eigenvalue weighted by atomic mass is 32.2. The van der Waals surface area contributed by atoms with Crippen molar-refractivity contribution in [2.24, 2.45) is 0 Å². The Labute approximate surface area is 178 Å². The van der Waals surface area contributed by atoms with Crippen LogP contribution in [0.4, 0.5) is 18.9 Å². The predicted molar refractivity (Wildman–Crippen MR) is 107 cm³/mol. The molecule has 0 bridgehead atoms. The third-order valence-corrected chi connectivity index (χ3v) is 8.24. The van der Waals surface area contributed by atoms with Gasteiger partial charge in [-0.1, -0.05) is 18.2 Å². The molecular formula is C19H19F3N2O5S2. The van der Waals surface area contributed by atoms with Crippen molar-refractivity contribution < 1.29 is 34.2 Å². The van der Waals surface area contributed by atoms with Gasteiger partial charge in [0.15, 0.2) is 0 Å². The first-order valence-corrected chi connectivity index (χ1v) is 12.3. The smallest absolute Gasteiger partial charge is 0.376 e. The number of hydrogen-bond acceptors (Lipinski definition) is 6. The highest BCUT2D eigenvalue weighted by Crippen LogP contribution is 2.49. The lowest BCUT2D eigenvalue weighted by Crippen LogP contribution is -2.31. The van der Waals surface area contributed by atoms with Gasteiger partial charge >= 0.3 is 15.6 Å². The van der Waals surface area contributed by atoms with Crippen molar-refractivity contribution in [2.45, 2.75) is 35.7 Å². The van der Waals surface area contributed by atoms with Crippen LogP contribution in [0.25, 0.3) is 0 Å². The maximum Gasteiger partial charge on any atom is 0.534 e. The minimum Gasteiger partial charge on any atom is -0.376 e. The standard InChI is InChI=1S/C19H19F3N2O5S2/c1-12-17-16(29-31(27,28)19(20,21)22)8-7-15-18(17)13(9-10-23-12)11-24(15)30(25,26)14-5-3-2-4-6-14/h2-8,12-13,23H,9-11H2,1H3. The Morgan fingerprint density at radius 3 is 2.35 bits per heavy atom. The number of halogens is 3. The van der Waals surface area contributed by atoms with Crippen molar-refractivity contribution in [3.63, 3.8) is 0 Å². The molecule has 0 saturated heterocycles. The lowest BCUT2D eigenvalue weighted by Gasteiger charge is -2.23. The molecule has 0 aliphatic carbocycles. The zero-order valence-corrected chi connectivity index (χ0v) is 17.9. The molecule has 31 heavy (non-hydrogen) atoms. The summed E-state index contributed by atoms with van der Waals surface area (Å²) < 4.78 is 94.1. The molecule has 0 fully saturated rings. The molecule has 0 radical (unpaired) electrons. The number of hydrogen-bond donors (Lipinski definition) is 1. The monoisotopic (exact) mass is 476 g/mol. The first-order chi connectivity index (χ1) is 14.4. The molecule has 2 aromatic rings. The Morgan fingerprint density at radius 2 is 1.71 bits per heavy atom. The van der Waals surface area contributed by atoms with E-state index in [2.05, 4.69) is 9.50 Å². The van der Waals surface area contributed by atoms with Gasteiger partial charge in [-0.3, -0.25) is 4.31 Å². The SMILES string of the molecule is CC1NCCC2CN(S(=O)(=O)c3ccccc3)c3ccc(OS(=O)(=O)C(F)(F)F)c1c32. The van der Waals surface area contributed by atoms with Crippen LogP contribution in [0.2, 0.25) is 0 Å². The Morgan fingerprint density at radius 1 is 1.03 bits per heavy atom. The Kier molecular flexibility index (Phi) is 5.22. The van der Waals surface area contributed by atoms with Crippen molar-refractivity contribution in [2.75, 3.05) is 17.4 Å². The molecule has 0 amide bonds. The van der Waals surface area contributed by atoms with Crippen LogP contribution in [-0.2, 0) is 20.1 Å². The molecule has 0 saturated carbocycles. The topological polar surface area (TPSA) is 92.8 Å². The van der Waals surface area contributed by atoms with E-state index in [9.17, 15) is 30.0 Å². The second-order valence-corrected chi connectivity index (χ2v) is 10.8. The molecule has 4 rings (SSSR count). The first-order valence-electron chi connectivity index (χ1n) is 9.42. The Balaban J connectivity index is 1.86. The molecule has 12 heteroatoms. The Hall–Kier alpha value is -2.31. The molecular weight excluding hydrogens is 457 g/mol. The van der Waals surface area contributed by atoms with E-state index in [-0.39, 0.29) is 22.9 Å². The summed E-state index contributed by atoms with van der Waals surface area (Å²) in [6.07, 6.45) is 0.528. The number of anilines is 1. The molecule has 2 aliphatic heterocycles. The van der Waals surface area contributed by atoms with E-state index >= 15 is 0 Å². The lowest BCUT2D eigenvalue weighted by molar-refractivity contribution is -0.0500. The summed E-state index contributed by atoms with van der Waals surface area (Å²) in [5.41, 5.74) is -4.55. The van der Waals surface area contributed by atoms with Crippen molar-refractivity contribution >= 4 is 25.8 Å². The van der Waals surface area contributed by atoms with Crippen LogP contribution < -0.4 is 13.8 Å². The third kappa shape index (κ3) is 3.66. The van der Waals surface area contributed by atoms with Gasteiger partial charge in [0.25, 0.3) is 10.0 Å². The molecule has 2 heterocycles. The third-order valence-electron chi connectivity index (χ3n) is 5.48. The van der Waals surface area contributed by atoms with Crippen LogP contribution in [0.5, 0.6) is 5.75 Å². The van der Waals surface area contributed by atoms with Gasteiger partial charge in [0, 0.05) is 24.1 Å². The van der Waals surface area contributed by atoms with Crippen LogP contribution in [0.1, 0.15) is 36.4 Å². The summed E-state index contributed by atoms with van der Waals surface area (Å²) >= 11 is 0. The Bertz CT molecular complexity index is 1220. The van der Waals surface area contributed by atoms with Crippen LogP contribution in [0.15, 0.2) is 47.4 Å². The number of nitrogens with one attached hydrogen (secondary N) is 1. The molecule has 2 aliphatic rings. The predicted octanol–water partition coefficient (Wildman–Crippen LogP) is 3.26. The van der Waals surface area contributed by atoms with Gasteiger partial charge in [0.1, 0.15) is 5.75 Å². The fraction of sp³-hybridized carbons (Fsp3) is 0.368. The largest absolute Gasteiger partial charge is 0.534 e. The van der Waals surface area contributed by atoms with Crippen molar-refractivity contribution in [1.82, 2.24) is 5.32 Å². The highest BCUT2D eigenvalue weighted by molar-refractivity contribution is 7.92. The maximum absolute atomic E-state index is 13.2. The highest BCUT2D eigenvalue weighted by Gasteiger charge is 2.49. The average Bonchev–Trinajstić information content (AvgIpc) is 2.98. The quantitative estimate of drug-likeness (QED) is 0.538. The van der Waals surface area contributed by atoms with E-state index < -0.39 is 37.4 Å². The molecule has 7 nitrogen and oxygen atoms in total. The fourth-order valence-corrected chi connectivity index (χ4v) is 6.11. The summed E-state index contributed by atoms with van der Waals surface area (Å²) in [5.74, 6) is -0.778. The van der Waals surface area contributed by atoms with Crippen LogP contribution in [0.3, 0.4) is 0 Å². The minimum absolute atomic E-state index is 0.0892. The van der Waals surface area contributed by atoms with Crippen LogP contribution >= 0.6 is 0 Å². The number of sulfonamides is 1. The van der Waals surface area contributed by atoms with Gasteiger partial charge in [-0.15, -0.1) is 0 Å². The summed E-state index contributed by atoms with van der Waals surface area (Å²) in [7, 11) is -9.78. The normalized spacial score (nSPS) is 21.5. The van der Waals surface area contributed by atoms with Gasteiger partial charge in [0.05, 0.1) is 10.6 Å². The van der Waals surface area contributed by atoms with Crippen molar-refractivity contribution in [3.8, 4) is 5.75 Å². The second-order valence-electron chi connectivity index (χ2n) is 7.40.